The average molecular weight is 433 g/mol. The molecule has 31 heavy (non-hydrogen) atoms. The maximum Gasteiger partial charge on any atom is 0.343 e. The number of pyridine rings is 1. The molecule has 0 spiro atoms. The maximum absolute atomic E-state index is 12.6. The van der Waals surface area contributed by atoms with Gasteiger partial charge in [0.25, 0.3) is 0 Å². The van der Waals surface area contributed by atoms with Crippen LogP contribution >= 0.6 is 11.3 Å². The van der Waals surface area contributed by atoms with E-state index in [0.29, 0.717) is 27.9 Å². The Hall–Kier alpha value is -3.91. The summed E-state index contributed by atoms with van der Waals surface area (Å²) in [5.41, 5.74) is 2.71. The van der Waals surface area contributed by atoms with Crippen LogP contribution in [0.2, 0.25) is 0 Å². The largest absolute Gasteiger partial charge is 0.493 e. The quantitative estimate of drug-likeness (QED) is 0.317. The molecule has 0 aliphatic carbocycles. The first-order valence-electron chi connectivity index (χ1n) is 9.34. The van der Waals surface area contributed by atoms with Crippen LogP contribution < -0.4 is 19.5 Å². The highest BCUT2D eigenvalue weighted by atomic mass is 32.1. The SMILES string of the molecule is COc1ccc(C(=O)Oc2cccc(Nc3nc(-c4ccccn4)cs3)c2)cc1OC. The predicted molar refractivity (Wildman–Crippen MR) is 120 cm³/mol. The Morgan fingerprint density at radius 3 is 2.58 bits per heavy atom. The van der Waals surface area contributed by atoms with Gasteiger partial charge in [0.1, 0.15) is 11.4 Å². The van der Waals surface area contributed by atoms with Crippen molar-refractivity contribution in [2.45, 2.75) is 0 Å². The second-order valence-electron chi connectivity index (χ2n) is 6.36. The van der Waals surface area contributed by atoms with Crippen LogP contribution in [-0.2, 0) is 0 Å². The van der Waals surface area contributed by atoms with Crippen molar-refractivity contribution in [1.82, 2.24) is 9.97 Å². The van der Waals surface area contributed by atoms with E-state index in [1.54, 1.807) is 42.6 Å². The van der Waals surface area contributed by atoms with E-state index in [1.165, 1.54) is 25.6 Å². The third-order valence-electron chi connectivity index (χ3n) is 4.35. The van der Waals surface area contributed by atoms with E-state index in [0.717, 1.165) is 17.1 Å². The minimum atomic E-state index is -0.496. The predicted octanol–water partition coefficient (Wildman–Crippen LogP) is 5.19. The van der Waals surface area contributed by atoms with Gasteiger partial charge in [0.05, 0.1) is 25.5 Å². The molecule has 156 valence electrons. The van der Waals surface area contributed by atoms with Crippen molar-refractivity contribution in [2.75, 3.05) is 19.5 Å². The molecule has 0 aliphatic heterocycles. The molecule has 1 N–H and O–H groups in total. The molecule has 0 saturated carbocycles. The molecule has 2 heterocycles. The van der Waals surface area contributed by atoms with Gasteiger partial charge in [0.15, 0.2) is 16.6 Å². The van der Waals surface area contributed by atoms with Crippen LogP contribution in [0.25, 0.3) is 11.4 Å². The molecule has 0 atom stereocenters. The number of esters is 1. The second-order valence-corrected chi connectivity index (χ2v) is 7.22. The number of methoxy groups -OCH3 is 2. The van der Waals surface area contributed by atoms with Gasteiger partial charge in [0.2, 0.25) is 0 Å². The Balaban J connectivity index is 1.46. The van der Waals surface area contributed by atoms with Gasteiger partial charge in [0, 0.05) is 23.3 Å². The number of nitrogens with zero attached hydrogens (tertiary/aromatic N) is 2. The smallest absolute Gasteiger partial charge is 0.343 e. The normalized spacial score (nSPS) is 10.4. The summed E-state index contributed by atoms with van der Waals surface area (Å²) in [7, 11) is 3.05. The molecule has 0 radical (unpaired) electrons. The summed E-state index contributed by atoms with van der Waals surface area (Å²) in [5, 5.41) is 5.88. The standard InChI is InChI=1S/C23H19N3O4S/c1-28-20-10-9-15(12-21(20)29-2)22(27)30-17-7-5-6-16(13-17)25-23-26-19(14-31-23)18-8-3-4-11-24-18/h3-14H,1-2H3,(H,25,26). The number of ether oxygens (including phenoxy) is 3. The van der Waals surface area contributed by atoms with Crippen molar-refractivity contribution >= 4 is 28.1 Å². The molecule has 0 bridgehead atoms. The number of anilines is 2. The Labute approximate surface area is 183 Å². The van der Waals surface area contributed by atoms with Gasteiger partial charge in [-0.1, -0.05) is 12.1 Å². The Morgan fingerprint density at radius 2 is 1.81 bits per heavy atom. The molecule has 0 unspecified atom stereocenters. The van der Waals surface area contributed by atoms with Crippen molar-refractivity contribution in [2.24, 2.45) is 0 Å². The molecular formula is C23H19N3O4S. The molecule has 2 aromatic heterocycles. The zero-order valence-corrected chi connectivity index (χ0v) is 17.7. The Kier molecular flexibility index (Phi) is 6.09. The summed E-state index contributed by atoms with van der Waals surface area (Å²) >= 11 is 1.47. The van der Waals surface area contributed by atoms with Crippen LogP contribution in [0.15, 0.2) is 72.2 Å². The minimum absolute atomic E-state index is 0.357. The van der Waals surface area contributed by atoms with E-state index in [-0.39, 0.29) is 0 Å². The van der Waals surface area contributed by atoms with Crippen molar-refractivity contribution in [1.29, 1.82) is 0 Å². The number of carbonyl (C=O) groups is 1. The number of nitrogens with one attached hydrogen (secondary N) is 1. The topological polar surface area (TPSA) is 82.6 Å². The maximum atomic E-state index is 12.6. The number of hydrogen-bond donors (Lipinski definition) is 1. The van der Waals surface area contributed by atoms with Crippen LogP contribution in [0.3, 0.4) is 0 Å². The third kappa shape index (κ3) is 4.81. The highest BCUT2D eigenvalue weighted by molar-refractivity contribution is 7.14. The van der Waals surface area contributed by atoms with Crippen LogP contribution in [0, 0.1) is 0 Å². The van der Waals surface area contributed by atoms with Crippen LogP contribution in [0.1, 0.15) is 10.4 Å². The lowest BCUT2D eigenvalue weighted by atomic mass is 10.2. The number of benzene rings is 2. The number of aromatic nitrogens is 2. The summed E-state index contributed by atoms with van der Waals surface area (Å²) in [6.45, 7) is 0. The average Bonchev–Trinajstić information content (AvgIpc) is 3.28. The molecule has 4 aromatic rings. The molecule has 0 aliphatic rings. The summed E-state index contributed by atoms with van der Waals surface area (Å²) < 4.78 is 16.0. The van der Waals surface area contributed by atoms with Gasteiger partial charge in [-0.05, 0) is 42.5 Å². The lowest BCUT2D eigenvalue weighted by Crippen LogP contribution is -2.09. The van der Waals surface area contributed by atoms with Gasteiger partial charge < -0.3 is 19.5 Å². The molecule has 0 amide bonds. The highest BCUT2D eigenvalue weighted by Crippen LogP contribution is 2.29. The number of carbonyl (C=O) groups excluding carboxylic acids is 1. The second kappa shape index (κ2) is 9.27. The number of thiazole rings is 1. The van der Waals surface area contributed by atoms with E-state index in [9.17, 15) is 4.79 Å². The molecular weight excluding hydrogens is 414 g/mol. The van der Waals surface area contributed by atoms with Crippen molar-refractivity contribution < 1.29 is 19.0 Å². The zero-order chi connectivity index (χ0) is 21.6. The van der Waals surface area contributed by atoms with E-state index >= 15 is 0 Å². The fraction of sp³-hybridized carbons (Fsp3) is 0.0870. The van der Waals surface area contributed by atoms with Crippen LogP contribution in [-0.4, -0.2) is 30.2 Å². The lowest BCUT2D eigenvalue weighted by molar-refractivity contribution is 0.0734. The summed E-state index contributed by atoms with van der Waals surface area (Å²) in [4.78, 5) is 21.4. The van der Waals surface area contributed by atoms with Gasteiger partial charge in [-0.25, -0.2) is 9.78 Å². The molecule has 2 aromatic carbocycles. The first kappa shape index (κ1) is 20.4. The van der Waals surface area contributed by atoms with Gasteiger partial charge in [-0.15, -0.1) is 11.3 Å². The summed E-state index contributed by atoms with van der Waals surface area (Å²) in [6.07, 6.45) is 1.73. The Morgan fingerprint density at radius 1 is 0.935 bits per heavy atom. The highest BCUT2D eigenvalue weighted by Gasteiger charge is 2.13. The van der Waals surface area contributed by atoms with Gasteiger partial charge >= 0.3 is 5.97 Å². The van der Waals surface area contributed by atoms with Crippen LogP contribution in [0.5, 0.6) is 17.2 Å². The number of hydrogen-bond acceptors (Lipinski definition) is 8. The van der Waals surface area contributed by atoms with E-state index in [2.05, 4.69) is 15.3 Å². The first-order valence-corrected chi connectivity index (χ1v) is 10.2. The van der Waals surface area contributed by atoms with Crippen molar-refractivity contribution in [3.63, 3.8) is 0 Å². The molecule has 4 rings (SSSR count). The lowest BCUT2D eigenvalue weighted by Gasteiger charge is -2.10. The first-order chi connectivity index (χ1) is 15.2. The van der Waals surface area contributed by atoms with E-state index < -0.39 is 5.97 Å². The molecule has 0 fully saturated rings. The fourth-order valence-electron chi connectivity index (χ4n) is 2.85. The van der Waals surface area contributed by atoms with Crippen molar-refractivity contribution in [3.8, 4) is 28.6 Å². The van der Waals surface area contributed by atoms with E-state index in [1.807, 2.05) is 29.6 Å². The van der Waals surface area contributed by atoms with Crippen molar-refractivity contribution in [3.05, 3.63) is 77.8 Å². The van der Waals surface area contributed by atoms with E-state index in [4.69, 9.17) is 14.2 Å². The summed E-state index contributed by atoms with van der Waals surface area (Å²) in [6, 6.07) is 17.7. The molecule has 0 saturated heterocycles. The Bertz CT molecular complexity index is 1190. The number of rotatable bonds is 7. The zero-order valence-electron chi connectivity index (χ0n) is 16.9. The fourth-order valence-corrected chi connectivity index (χ4v) is 3.58. The van der Waals surface area contributed by atoms with Gasteiger partial charge in [-0.2, -0.15) is 0 Å². The third-order valence-corrected chi connectivity index (χ3v) is 5.10. The molecule has 7 nitrogen and oxygen atoms in total. The monoisotopic (exact) mass is 433 g/mol. The summed E-state index contributed by atoms with van der Waals surface area (Å²) in [5.74, 6) is 0.912. The molecule has 8 heteroatoms. The van der Waals surface area contributed by atoms with Crippen LogP contribution in [0.4, 0.5) is 10.8 Å². The van der Waals surface area contributed by atoms with Gasteiger partial charge in [-0.3, -0.25) is 4.98 Å². The minimum Gasteiger partial charge on any atom is -0.493 e.